The number of nitrogens with one attached hydrogen (secondary N) is 1. The van der Waals surface area contributed by atoms with Crippen LogP contribution in [-0.4, -0.2) is 23.6 Å². The van der Waals surface area contributed by atoms with Crippen molar-refractivity contribution in [3.05, 3.63) is 29.1 Å². The first-order valence-electron chi connectivity index (χ1n) is 9.55. The van der Waals surface area contributed by atoms with E-state index in [9.17, 15) is 4.79 Å². The van der Waals surface area contributed by atoms with Crippen molar-refractivity contribution >= 4 is 17.7 Å². The summed E-state index contributed by atoms with van der Waals surface area (Å²) in [6.07, 6.45) is 9.25. The van der Waals surface area contributed by atoms with E-state index in [1.807, 2.05) is 6.92 Å². The quantitative estimate of drug-likeness (QED) is 0.830. The van der Waals surface area contributed by atoms with Gasteiger partial charge in [-0.2, -0.15) is 0 Å². The van der Waals surface area contributed by atoms with E-state index in [4.69, 9.17) is 4.74 Å². The van der Waals surface area contributed by atoms with E-state index in [2.05, 4.69) is 43.2 Å². The molecule has 0 aliphatic heterocycles. The van der Waals surface area contributed by atoms with Gasteiger partial charge in [-0.15, -0.1) is 0 Å². The number of allylic oxidation sites excluding steroid dienone is 1. The summed E-state index contributed by atoms with van der Waals surface area (Å²) in [7, 11) is 0. The molecule has 1 heterocycles. The number of ether oxygens (including phenoxy) is 1. The average molecular weight is 340 g/mol. The highest BCUT2D eigenvalue weighted by atomic mass is 16.5. The summed E-state index contributed by atoms with van der Waals surface area (Å²) in [6, 6.07) is 0.408. The summed E-state index contributed by atoms with van der Waals surface area (Å²) in [5.41, 5.74) is 4.06. The lowest BCUT2D eigenvalue weighted by atomic mass is 9.44. The van der Waals surface area contributed by atoms with Crippen LogP contribution in [0.3, 0.4) is 0 Å². The van der Waals surface area contributed by atoms with E-state index in [1.54, 1.807) is 6.20 Å². The Morgan fingerprint density at radius 2 is 2.20 bits per heavy atom. The summed E-state index contributed by atoms with van der Waals surface area (Å²) in [5, 5.41) is 3.75. The lowest BCUT2D eigenvalue weighted by molar-refractivity contribution is -0.105. The number of hydrogen-bond donors (Lipinski definition) is 1. The Hall–Kier alpha value is -1.84. The summed E-state index contributed by atoms with van der Waals surface area (Å²) in [4.78, 5) is 16.9. The van der Waals surface area contributed by atoms with Crippen LogP contribution in [0.4, 0.5) is 5.69 Å². The molecule has 4 aliphatic carbocycles. The summed E-state index contributed by atoms with van der Waals surface area (Å²) in [5.74, 6) is 1.86. The van der Waals surface area contributed by atoms with Crippen molar-refractivity contribution in [3.63, 3.8) is 0 Å². The van der Waals surface area contributed by atoms with Crippen molar-refractivity contribution in [3.8, 4) is 0 Å². The lowest BCUT2D eigenvalue weighted by Crippen LogP contribution is -2.58. The molecule has 0 saturated heterocycles. The second-order valence-corrected chi connectivity index (χ2v) is 8.44. The van der Waals surface area contributed by atoms with Crippen LogP contribution in [0.25, 0.3) is 6.08 Å². The van der Waals surface area contributed by atoms with Crippen LogP contribution in [0.5, 0.6) is 0 Å². The van der Waals surface area contributed by atoms with Crippen LogP contribution < -0.4 is 5.32 Å². The fourth-order valence-corrected chi connectivity index (χ4v) is 5.24. The van der Waals surface area contributed by atoms with Crippen LogP contribution >= 0.6 is 0 Å². The molecule has 0 radical (unpaired) electrons. The standard InChI is InChI=1S/C21H28N2O2/c1-5-25-20(24)15-11-22-17-8-6-7-14(17)19(15)23-18-10-13-9-16(12(18)2)21(13,3)4/h6-7,11-13,16,18H,5,8-10H2,1-4H3,(H,22,23)/t12-,13-,16+,18-/m0/s1. The Bertz CT molecular complexity index is 738. The van der Waals surface area contributed by atoms with Crippen molar-refractivity contribution in [2.75, 3.05) is 11.9 Å². The Morgan fingerprint density at radius 1 is 1.40 bits per heavy atom. The third-order valence-electron chi connectivity index (χ3n) is 6.97. The highest BCUT2D eigenvalue weighted by molar-refractivity contribution is 5.98. The zero-order valence-electron chi connectivity index (χ0n) is 15.6. The molecule has 1 aromatic rings. The smallest absolute Gasteiger partial charge is 0.341 e. The fraction of sp³-hybridized carbons (Fsp3) is 0.619. The van der Waals surface area contributed by atoms with E-state index in [0.29, 0.717) is 29.5 Å². The normalized spacial score (nSPS) is 31.2. The Morgan fingerprint density at radius 3 is 2.88 bits per heavy atom. The van der Waals surface area contributed by atoms with Gasteiger partial charge in [-0.25, -0.2) is 4.79 Å². The summed E-state index contributed by atoms with van der Waals surface area (Å²) in [6.45, 7) is 9.40. The van der Waals surface area contributed by atoms with E-state index >= 15 is 0 Å². The molecular weight excluding hydrogens is 312 g/mol. The molecule has 3 saturated carbocycles. The van der Waals surface area contributed by atoms with Crippen molar-refractivity contribution in [1.82, 2.24) is 4.98 Å². The maximum absolute atomic E-state index is 12.4. The van der Waals surface area contributed by atoms with Gasteiger partial charge in [0.2, 0.25) is 0 Å². The largest absolute Gasteiger partial charge is 0.462 e. The number of carbonyl (C=O) groups is 1. The van der Waals surface area contributed by atoms with Crippen LogP contribution in [0.1, 0.15) is 62.2 Å². The maximum atomic E-state index is 12.4. The number of carbonyl (C=O) groups excluding carboxylic acids is 1. The fourth-order valence-electron chi connectivity index (χ4n) is 5.24. The number of anilines is 1. The van der Waals surface area contributed by atoms with Crippen molar-refractivity contribution in [2.24, 2.45) is 23.2 Å². The van der Waals surface area contributed by atoms with Gasteiger partial charge in [-0.3, -0.25) is 4.98 Å². The number of esters is 1. The molecule has 134 valence electrons. The monoisotopic (exact) mass is 340 g/mol. The van der Waals surface area contributed by atoms with Crippen LogP contribution in [0.2, 0.25) is 0 Å². The average Bonchev–Trinajstić information content (AvgIpc) is 3.05. The molecule has 2 bridgehead atoms. The van der Waals surface area contributed by atoms with Gasteiger partial charge in [0, 0.05) is 24.2 Å². The number of aromatic nitrogens is 1. The van der Waals surface area contributed by atoms with E-state index < -0.39 is 0 Å². The topological polar surface area (TPSA) is 51.2 Å². The molecule has 4 nitrogen and oxygen atoms in total. The van der Waals surface area contributed by atoms with Gasteiger partial charge in [-0.05, 0) is 42.9 Å². The molecule has 1 N–H and O–H groups in total. The number of pyridine rings is 1. The number of rotatable bonds is 4. The first kappa shape index (κ1) is 16.6. The molecule has 4 atom stereocenters. The van der Waals surface area contributed by atoms with Crippen molar-refractivity contribution in [2.45, 2.75) is 53.0 Å². The molecule has 0 spiro atoms. The Kier molecular flexibility index (Phi) is 3.89. The van der Waals surface area contributed by atoms with Crippen LogP contribution in [0, 0.1) is 23.2 Å². The number of hydrogen-bond acceptors (Lipinski definition) is 4. The second-order valence-electron chi connectivity index (χ2n) is 8.44. The van der Waals surface area contributed by atoms with Gasteiger partial charge in [0.1, 0.15) is 5.56 Å². The highest BCUT2D eigenvalue weighted by Crippen LogP contribution is 2.61. The minimum absolute atomic E-state index is 0.283. The van der Waals surface area contributed by atoms with E-state index in [0.717, 1.165) is 35.2 Å². The van der Waals surface area contributed by atoms with Crippen LogP contribution in [0.15, 0.2) is 12.3 Å². The first-order valence-corrected chi connectivity index (χ1v) is 9.55. The number of fused-ring (bicyclic) bond motifs is 3. The Labute approximate surface area is 150 Å². The van der Waals surface area contributed by atoms with Gasteiger partial charge in [0.25, 0.3) is 0 Å². The summed E-state index contributed by atoms with van der Waals surface area (Å²) < 4.78 is 5.26. The molecule has 0 aromatic carbocycles. The van der Waals surface area contributed by atoms with E-state index in [-0.39, 0.29) is 5.97 Å². The van der Waals surface area contributed by atoms with Crippen molar-refractivity contribution < 1.29 is 9.53 Å². The second kappa shape index (κ2) is 5.86. The van der Waals surface area contributed by atoms with Gasteiger partial charge in [0.05, 0.1) is 18.0 Å². The first-order chi connectivity index (χ1) is 11.9. The lowest BCUT2D eigenvalue weighted by Gasteiger charge is -2.62. The number of nitrogens with zero attached hydrogens (tertiary/aromatic N) is 1. The van der Waals surface area contributed by atoms with Gasteiger partial charge in [-0.1, -0.05) is 32.9 Å². The minimum Gasteiger partial charge on any atom is -0.462 e. The third-order valence-corrected chi connectivity index (χ3v) is 6.97. The SMILES string of the molecule is CCOC(=O)c1cnc2c(c1N[C@H]1C[C@@H]3C[C@H]([C@@H]1C)C3(C)C)C=CC2. The summed E-state index contributed by atoms with van der Waals surface area (Å²) >= 11 is 0. The zero-order chi connectivity index (χ0) is 17.8. The minimum atomic E-state index is -0.283. The van der Waals surface area contributed by atoms with Gasteiger partial charge >= 0.3 is 5.97 Å². The predicted molar refractivity (Wildman–Crippen MR) is 99.5 cm³/mol. The highest BCUT2D eigenvalue weighted by Gasteiger charge is 2.56. The zero-order valence-corrected chi connectivity index (χ0v) is 15.6. The molecule has 4 heteroatoms. The van der Waals surface area contributed by atoms with E-state index in [1.165, 1.54) is 12.8 Å². The molecule has 5 rings (SSSR count). The maximum Gasteiger partial charge on any atom is 0.341 e. The molecule has 0 amide bonds. The van der Waals surface area contributed by atoms with Gasteiger partial charge < -0.3 is 10.1 Å². The van der Waals surface area contributed by atoms with Crippen LogP contribution in [-0.2, 0) is 11.2 Å². The molecule has 1 aromatic heterocycles. The Balaban J connectivity index is 1.65. The molecule has 3 fully saturated rings. The molecule has 0 unspecified atom stereocenters. The predicted octanol–water partition coefficient (Wildman–Crippen LogP) is 4.31. The molecular formula is C21H28N2O2. The van der Waals surface area contributed by atoms with Gasteiger partial charge in [0.15, 0.2) is 0 Å². The molecule has 25 heavy (non-hydrogen) atoms. The van der Waals surface area contributed by atoms with Crippen molar-refractivity contribution in [1.29, 1.82) is 0 Å². The third kappa shape index (κ3) is 2.49. The molecule has 4 aliphatic rings.